The van der Waals surface area contributed by atoms with Gasteiger partial charge in [-0.15, -0.1) is 0 Å². The maximum absolute atomic E-state index is 11.1. The molecule has 0 aromatic rings. The molecular formula is C17H32O2. The highest BCUT2D eigenvalue weighted by Crippen LogP contribution is 2.09. The lowest BCUT2D eigenvalue weighted by atomic mass is 10.1. The third-order valence-corrected chi connectivity index (χ3v) is 3.20. The summed E-state index contributed by atoms with van der Waals surface area (Å²) in [5.41, 5.74) is 0. The molecule has 0 radical (unpaired) electrons. The molecule has 0 spiro atoms. The highest BCUT2D eigenvalue weighted by molar-refractivity contribution is 5.69. The molecule has 0 aromatic carbocycles. The van der Waals surface area contributed by atoms with Crippen LogP contribution in [0.25, 0.3) is 0 Å². The van der Waals surface area contributed by atoms with E-state index in [1.54, 1.807) is 0 Å². The molecule has 0 aliphatic rings. The van der Waals surface area contributed by atoms with Crippen LogP contribution in [0.2, 0.25) is 0 Å². The summed E-state index contributed by atoms with van der Waals surface area (Å²) in [4.78, 5) is 11.1. The van der Waals surface area contributed by atoms with E-state index < -0.39 is 0 Å². The summed E-state index contributed by atoms with van der Waals surface area (Å²) in [6, 6.07) is 0. The van der Waals surface area contributed by atoms with Gasteiger partial charge >= 0.3 is 5.97 Å². The Kier molecular flexibility index (Phi) is 14.6. The molecule has 0 aliphatic carbocycles. The monoisotopic (exact) mass is 268 g/mol. The van der Waals surface area contributed by atoms with Crippen molar-refractivity contribution in [3.05, 3.63) is 12.2 Å². The third kappa shape index (κ3) is 15.2. The Morgan fingerprint density at radius 2 is 1.42 bits per heavy atom. The van der Waals surface area contributed by atoms with Crippen molar-refractivity contribution in [3.63, 3.8) is 0 Å². The molecule has 2 nitrogen and oxygen atoms in total. The highest BCUT2D eigenvalue weighted by Gasteiger charge is 2.00. The summed E-state index contributed by atoms with van der Waals surface area (Å²) in [6.45, 7) is 4.59. The minimum absolute atomic E-state index is 0.0419. The predicted octanol–water partition coefficient (Wildman–Crippen LogP) is 5.42. The van der Waals surface area contributed by atoms with Crippen LogP contribution >= 0.6 is 0 Å². The molecule has 0 rings (SSSR count). The molecule has 0 heterocycles. The number of esters is 1. The van der Waals surface area contributed by atoms with E-state index >= 15 is 0 Å². The predicted molar refractivity (Wildman–Crippen MR) is 82.2 cm³/mol. The molecule has 0 bridgehead atoms. The lowest BCUT2D eigenvalue weighted by Gasteiger charge is -2.02. The second kappa shape index (κ2) is 15.3. The highest BCUT2D eigenvalue weighted by atomic mass is 16.5. The zero-order valence-corrected chi connectivity index (χ0v) is 13.0. The first kappa shape index (κ1) is 18.2. The summed E-state index contributed by atoms with van der Waals surface area (Å²) in [5, 5.41) is 0. The number of ether oxygens (including phenoxy) is 1. The molecule has 0 atom stereocenters. The molecule has 2 heteroatoms. The number of unbranched alkanes of at least 4 members (excludes halogenated alkanes) is 8. The van der Waals surface area contributed by atoms with E-state index in [0.717, 1.165) is 12.8 Å². The number of carbonyl (C=O) groups is 1. The van der Waals surface area contributed by atoms with Crippen LogP contribution in [-0.4, -0.2) is 12.6 Å². The molecule has 0 saturated heterocycles. The van der Waals surface area contributed by atoms with Gasteiger partial charge in [-0.05, 0) is 32.6 Å². The second-order valence-electron chi connectivity index (χ2n) is 5.08. The maximum Gasteiger partial charge on any atom is 0.305 e. The Hall–Kier alpha value is -0.790. The smallest absolute Gasteiger partial charge is 0.305 e. The fraction of sp³-hybridized carbons (Fsp3) is 0.824. The first-order valence-electron chi connectivity index (χ1n) is 8.11. The normalized spacial score (nSPS) is 11.1. The van der Waals surface area contributed by atoms with Crippen molar-refractivity contribution in [3.8, 4) is 0 Å². The minimum Gasteiger partial charge on any atom is -0.466 e. The molecule has 0 N–H and O–H groups in total. The number of rotatable bonds is 13. The van der Waals surface area contributed by atoms with Crippen LogP contribution in [0, 0.1) is 0 Å². The lowest BCUT2D eigenvalue weighted by Crippen LogP contribution is -2.03. The topological polar surface area (TPSA) is 26.3 Å². The summed E-state index contributed by atoms with van der Waals surface area (Å²) >= 11 is 0. The van der Waals surface area contributed by atoms with Crippen LogP contribution in [0.1, 0.15) is 84.5 Å². The van der Waals surface area contributed by atoms with Gasteiger partial charge in [-0.3, -0.25) is 4.79 Å². The van der Waals surface area contributed by atoms with Gasteiger partial charge in [-0.1, -0.05) is 57.6 Å². The summed E-state index contributed by atoms with van der Waals surface area (Å²) in [7, 11) is 0. The summed E-state index contributed by atoms with van der Waals surface area (Å²) in [5.74, 6) is -0.0419. The van der Waals surface area contributed by atoms with Crippen molar-refractivity contribution in [1.29, 1.82) is 0 Å². The second-order valence-corrected chi connectivity index (χ2v) is 5.08. The zero-order valence-electron chi connectivity index (χ0n) is 13.0. The number of carbonyl (C=O) groups excluding carboxylic acids is 1. The Morgan fingerprint density at radius 3 is 2.05 bits per heavy atom. The van der Waals surface area contributed by atoms with E-state index in [2.05, 4.69) is 19.1 Å². The molecule has 19 heavy (non-hydrogen) atoms. The molecule has 0 amide bonds. The van der Waals surface area contributed by atoms with Gasteiger partial charge in [0.25, 0.3) is 0 Å². The van der Waals surface area contributed by atoms with Crippen LogP contribution in [0.15, 0.2) is 12.2 Å². The molecular weight excluding hydrogens is 236 g/mol. The first-order valence-corrected chi connectivity index (χ1v) is 8.11. The van der Waals surface area contributed by atoms with Crippen LogP contribution in [0.5, 0.6) is 0 Å². The van der Waals surface area contributed by atoms with Crippen molar-refractivity contribution >= 4 is 5.97 Å². The van der Waals surface area contributed by atoms with Crippen molar-refractivity contribution < 1.29 is 9.53 Å². The van der Waals surface area contributed by atoms with Gasteiger partial charge in [-0.25, -0.2) is 0 Å². The van der Waals surface area contributed by atoms with Gasteiger partial charge in [0.05, 0.1) is 6.61 Å². The first-order chi connectivity index (χ1) is 9.31. The van der Waals surface area contributed by atoms with Gasteiger partial charge in [0.15, 0.2) is 0 Å². The van der Waals surface area contributed by atoms with Gasteiger partial charge in [0.1, 0.15) is 0 Å². The Labute approximate surface area is 119 Å². The molecule has 0 fully saturated rings. The Morgan fingerprint density at radius 1 is 0.842 bits per heavy atom. The molecule has 0 saturated carbocycles. The Bertz CT molecular complexity index is 221. The van der Waals surface area contributed by atoms with Crippen molar-refractivity contribution in [2.75, 3.05) is 6.61 Å². The molecule has 112 valence electrons. The number of hydrogen-bond donors (Lipinski definition) is 0. The van der Waals surface area contributed by atoms with Crippen LogP contribution < -0.4 is 0 Å². The molecule has 0 unspecified atom stereocenters. The van der Waals surface area contributed by atoms with Gasteiger partial charge in [-0.2, -0.15) is 0 Å². The van der Waals surface area contributed by atoms with Crippen LogP contribution in [0.4, 0.5) is 0 Å². The fourth-order valence-electron chi connectivity index (χ4n) is 2.03. The van der Waals surface area contributed by atoms with Crippen molar-refractivity contribution in [1.82, 2.24) is 0 Å². The largest absolute Gasteiger partial charge is 0.466 e. The SMILES string of the molecule is CCCC/C=C\CCCCCCCCC(=O)OCC. The van der Waals surface area contributed by atoms with Crippen molar-refractivity contribution in [2.45, 2.75) is 84.5 Å². The van der Waals surface area contributed by atoms with E-state index in [-0.39, 0.29) is 5.97 Å². The standard InChI is InChI=1S/C17H32O2/c1-3-5-6-7-8-9-10-11-12-13-14-15-16-17(18)19-4-2/h7-8H,3-6,9-16H2,1-2H3/b8-7-. The maximum atomic E-state index is 11.1. The zero-order chi connectivity index (χ0) is 14.2. The quantitative estimate of drug-likeness (QED) is 0.253. The van der Waals surface area contributed by atoms with Crippen molar-refractivity contribution in [2.24, 2.45) is 0 Å². The molecule has 0 aromatic heterocycles. The lowest BCUT2D eigenvalue weighted by molar-refractivity contribution is -0.143. The number of hydrogen-bond acceptors (Lipinski definition) is 2. The van der Waals surface area contributed by atoms with Gasteiger partial charge in [0, 0.05) is 6.42 Å². The average molecular weight is 268 g/mol. The molecule has 0 aliphatic heterocycles. The van der Waals surface area contributed by atoms with Gasteiger partial charge < -0.3 is 4.74 Å². The van der Waals surface area contributed by atoms with E-state index in [4.69, 9.17) is 4.74 Å². The van der Waals surface area contributed by atoms with Crippen LogP contribution in [-0.2, 0) is 9.53 Å². The van der Waals surface area contributed by atoms with E-state index in [1.165, 1.54) is 51.4 Å². The minimum atomic E-state index is -0.0419. The summed E-state index contributed by atoms with van der Waals surface area (Å²) in [6.07, 6.45) is 17.6. The van der Waals surface area contributed by atoms with Crippen LogP contribution in [0.3, 0.4) is 0 Å². The van der Waals surface area contributed by atoms with E-state index in [0.29, 0.717) is 13.0 Å². The third-order valence-electron chi connectivity index (χ3n) is 3.20. The summed E-state index contributed by atoms with van der Waals surface area (Å²) < 4.78 is 4.90. The fourth-order valence-corrected chi connectivity index (χ4v) is 2.03. The van der Waals surface area contributed by atoms with E-state index in [9.17, 15) is 4.79 Å². The van der Waals surface area contributed by atoms with E-state index in [1.807, 2.05) is 6.92 Å². The Balaban J connectivity index is 3.10. The van der Waals surface area contributed by atoms with Gasteiger partial charge in [0.2, 0.25) is 0 Å². The average Bonchev–Trinajstić information content (AvgIpc) is 2.40. The number of allylic oxidation sites excluding steroid dienone is 2.